The van der Waals surface area contributed by atoms with Gasteiger partial charge >= 0.3 is 0 Å². The SMILES string of the molecule is CC(C)C(=O)NC[C@@H]1CN(Cc2ccccc2)CCO1. The van der Waals surface area contributed by atoms with Gasteiger partial charge in [0.2, 0.25) is 5.91 Å². The summed E-state index contributed by atoms with van der Waals surface area (Å²) in [4.78, 5) is 14.0. The molecule has 20 heavy (non-hydrogen) atoms. The Balaban J connectivity index is 1.78. The number of hydrogen-bond acceptors (Lipinski definition) is 3. The Labute approximate surface area is 121 Å². The highest BCUT2D eigenvalue weighted by atomic mass is 16.5. The molecule has 1 aliphatic heterocycles. The fourth-order valence-corrected chi connectivity index (χ4v) is 2.31. The summed E-state index contributed by atoms with van der Waals surface area (Å²) in [5.74, 6) is 0.118. The van der Waals surface area contributed by atoms with Gasteiger partial charge in [-0.1, -0.05) is 44.2 Å². The molecule has 0 saturated carbocycles. The number of nitrogens with zero attached hydrogens (tertiary/aromatic N) is 1. The van der Waals surface area contributed by atoms with Crippen molar-refractivity contribution in [1.29, 1.82) is 0 Å². The number of morpholine rings is 1. The van der Waals surface area contributed by atoms with Crippen LogP contribution in [0.1, 0.15) is 19.4 Å². The Kier molecular flexibility index (Phi) is 5.56. The van der Waals surface area contributed by atoms with Crippen LogP contribution in [0.5, 0.6) is 0 Å². The van der Waals surface area contributed by atoms with Crippen LogP contribution in [0.4, 0.5) is 0 Å². The van der Waals surface area contributed by atoms with Crippen LogP contribution in [-0.2, 0) is 16.1 Å². The molecule has 2 rings (SSSR count). The molecule has 4 heteroatoms. The first-order valence-corrected chi connectivity index (χ1v) is 7.30. The van der Waals surface area contributed by atoms with E-state index < -0.39 is 0 Å². The monoisotopic (exact) mass is 276 g/mol. The largest absolute Gasteiger partial charge is 0.374 e. The molecular weight excluding hydrogens is 252 g/mol. The van der Waals surface area contributed by atoms with Crippen LogP contribution in [0.15, 0.2) is 30.3 Å². The highest BCUT2D eigenvalue weighted by molar-refractivity contribution is 5.77. The average Bonchev–Trinajstić information content (AvgIpc) is 2.46. The highest BCUT2D eigenvalue weighted by Crippen LogP contribution is 2.10. The summed E-state index contributed by atoms with van der Waals surface area (Å²) in [7, 11) is 0. The molecule has 0 aliphatic carbocycles. The fraction of sp³-hybridized carbons (Fsp3) is 0.562. The van der Waals surface area contributed by atoms with Crippen molar-refractivity contribution in [2.75, 3.05) is 26.2 Å². The number of rotatable bonds is 5. The molecule has 0 radical (unpaired) electrons. The zero-order valence-electron chi connectivity index (χ0n) is 12.3. The van der Waals surface area contributed by atoms with Crippen molar-refractivity contribution in [2.45, 2.75) is 26.5 Å². The van der Waals surface area contributed by atoms with Crippen LogP contribution in [-0.4, -0.2) is 43.2 Å². The van der Waals surface area contributed by atoms with Crippen molar-refractivity contribution in [3.63, 3.8) is 0 Å². The molecule has 0 bridgehead atoms. The van der Waals surface area contributed by atoms with Crippen LogP contribution in [0.3, 0.4) is 0 Å². The van der Waals surface area contributed by atoms with E-state index in [2.05, 4.69) is 34.5 Å². The second-order valence-electron chi connectivity index (χ2n) is 5.61. The van der Waals surface area contributed by atoms with E-state index in [-0.39, 0.29) is 17.9 Å². The Morgan fingerprint density at radius 3 is 2.85 bits per heavy atom. The minimum absolute atomic E-state index is 0.0269. The quantitative estimate of drug-likeness (QED) is 0.889. The maximum atomic E-state index is 11.6. The molecule has 1 aromatic rings. The van der Waals surface area contributed by atoms with Crippen molar-refractivity contribution in [1.82, 2.24) is 10.2 Å². The maximum Gasteiger partial charge on any atom is 0.222 e. The molecule has 1 atom stereocenters. The highest BCUT2D eigenvalue weighted by Gasteiger charge is 2.21. The van der Waals surface area contributed by atoms with Crippen LogP contribution >= 0.6 is 0 Å². The van der Waals surface area contributed by atoms with Crippen LogP contribution in [0.25, 0.3) is 0 Å². The number of hydrogen-bond donors (Lipinski definition) is 1. The number of amides is 1. The van der Waals surface area contributed by atoms with E-state index in [9.17, 15) is 4.79 Å². The van der Waals surface area contributed by atoms with Gasteiger partial charge in [-0.3, -0.25) is 9.69 Å². The van der Waals surface area contributed by atoms with E-state index in [1.54, 1.807) is 0 Å². The van der Waals surface area contributed by atoms with E-state index in [4.69, 9.17) is 4.74 Å². The first kappa shape index (κ1) is 15.0. The first-order valence-electron chi connectivity index (χ1n) is 7.30. The summed E-state index contributed by atoms with van der Waals surface area (Å²) >= 11 is 0. The minimum atomic E-state index is 0.0269. The van der Waals surface area contributed by atoms with Gasteiger partial charge in [0.15, 0.2) is 0 Å². The minimum Gasteiger partial charge on any atom is -0.374 e. The van der Waals surface area contributed by atoms with Gasteiger partial charge in [-0.25, -0.2) is 0 Å². The zero-order valence-corrected chi connectivity index (χ0v) is 12.3. The molecule has 1 aliphatic rings. The van der Waals surface area contributed by atoms with Gasteiger partial charge in [0.1, 0.15) is 0 Å². The molecular formula is C16H24N2O2. The number of carbonyl (C=O) groups excluding carboxylic acids is 1. The van der Waals surface area contributed by atoms with E-state index >= 15 is 0 Å². The number of nitrogens with one attached hydrogen (secondary N) is 1. The zero-order chi connectivity index (χ0) is 14.4. The molecule has 0 unspecified atom stereocenters. The van der Waals surface area contributed by atoms with Gasteiger partial charge in [0.05, 0.1) is 12.7 Å². The van der Waals surface area contributed by atoms with Gasteiger partial charge in [-0.05, 0) is 5.56 Å². The summed E-state index contributed by atoms with van der Waals surface area (Å²) in [6.07, 6.45) is 0.0927. The standard InChI is InChI=1S/C16H24N2O2/c1-13(2)16(19)17-10-15-12-18(8-9-20-15)11-14-6-4-3-5-7-14/h3-7,13,15H,8-12H2,1-2H3,(H,17,19)/t15-/m1/s1. The van der Waals surface area contributed by atoms with Gasteiger partial charge in [0.25, 0.3) is 0 Å². The van der Waals surface area contributed by atoms with Crippen LogP contribution < -0.4 is 5.32 Å². The van der Waals surface area contributed by atoms with Crippen molar-refractivity contribution in [2.24, 2.45) is 5.92 Å². The lowest BCUT2D eigenvalue weighted by Crippen LogP contribution is -2.47. The van der Waals surface area contributed by atoms with Crippen molar-refractivity contribution in [3.8, 4) is 0 Å². The fourth-order valence-electron chi connectivity index (χ4n) is 2.31. The molecule has 1 aromatic carbocycles. The topological polar surface area (TPSA) is 41.6 Å². The van der Waals surface area contributed by atoms with Crippen molar-refractivity contribution >= 4 is 5.91 Å². The van der Waals surface area contributed by atoms with Gasteiger partial charge in [-0.2, -0.15) is 0 Å². The Morgan fingerprint density at radius 2 is 2.15 bits per heavy atom. The molecule has 1 amide bonds. The lowest BCUT2D eigenvalue weighted by Gasteiger charge is -2.33. The summed E-state index contributed by atoms with van der Waals surface area (Å²) in [5, 5.41) is 2.95. The summed E-state index contributed by atoms with van der Waals surface area (Å²) in [5.41, 5.74) is 1.32. The molecule has 1 fully saturated rings. The molecule has 1 N–H and O–H groups in total. The van der Waals surface area contributed by atoms with Crippen molar-refractivity contribution in [3.05, 3.63) is 35.9 Å². The summed E-state index contributed by atoms with van der Waals surface area (Å²) < 4.78 is 5.72. The second-order valence-corrected chi connectivity index (χ2v) is 5.61. The molecule has 1 saturated heterocycles. The second kappa shape index (κ2) is 7.41. The van der Waals surface area contributed by atoms with Crippen LogP contribution in [0, 0.1) is 5.92 Å². The number of benzene rings is 1. The predicted molar refractivity (Wildman–Crippen MR) is 79.3 cm³/mol. The normalized spacial score (nSPS) is 20.1. The number of carbonyl (C=O) groups is 1. The van der Waals surface area contributed by atoms with E-state index in [1.165, 1.54) is 5.56 Å². The molecule has 1 heterocycles. The third-order valence-corrected chi connectivity index (χ3v) is 3.50. The summed E-state index contributed by atoms with van der Waals surface area (Å²) in [6, 6.07) is 10.5. The van der Waals surface area contributed by atoms with Gasteiger partial charge in [0, 0.05) is 32.1 Å². The third-order valence-electron chi connectivity index (χ3n) is 3.50. The van der Waals surface area contributed by atoms with Crippen LogP contribution in [0.2, 0.25) is 0 Å². The van der Waals surface area contributed by atoms with E-state index in [0.29, 0.717) is 6.54 Å². The van der Waals surface area contributed by atoms with Gasteiger partial charge in [-0.15, -0.1) is 0 Å². The Hall–Kier alpha value is -1.39. The predicted octanol–water partition coefficient (Wildman–Crippen LogP) is 1.66. The van der Waals surface area contributed by atoms with E-state index in [0.717, 1.165) is 26.2 Å². The van der Waals surface area contributed by atoms with Crippen molar-refractivity contribution < 1.29 is 9.53 Å². The Morgan fingerprint density at radius 1 is 1.40 bits per heavy atom. The Bertz CT molecular complexity index is 420. The average molecular weight is 276 g/mol. The molecule has 4 nitrogen and oxygen atoms in total. The van der Waals surface area contributed by atoms with Gasteiger partial charge < -0.3 is 10.1 Å². The molecule has 110 valence electrons. The van der Waals surface area contributed by atoms with E-state index in [1.807, 2.05) is 19.9 Å². The smallest absolute Gasteiger partial charge is 0.222 e. The lowest BCUT2D eigenvalue weighted by atomic mass is 10.1. The maximum absolute atomic E-state index is 11.6. The molecule has 0 aromatic heterocycles. The summed E-state index contributed by atoms with van der Waals surface area (Å²) in [6.45, 7) is 7.89. The molecule has 0 spiro atoms. The third kappa shape index (κ3) is 4.62. The first-order chi connectivity index (χ1) is 9.65. The lowest BCUT2D eigenvalue weighted by molar-refractivity contribution is -0.125. The number of ether oxygens (including phenoxy) is 1.